The molecule has 92 valence electrons. The summed E-state index contributed by atoms with van der Waals surface area (Å²) in [6, 6.07) is 3.68. The molecular formula is C11H16N4O2. The molecule has 0 unspecified atom stereocenters. The van der Waals surface area contributed by atoms with E-state index in [2.05, 4.69) is 10.5 Å². The minimum Gasteiger partial charge on any atom is -0.396 e. The summed E-state index contributed by atoms with van der Waals surface area (Å²) in [5.74, 6) is 0.664. The number of nitrogens with zero attached hydrogens (tertiary/aromatic N) is 2. The molecule has 1 heterocycles. The second kappa shape index (κ2) is 6.68. The Kier molecular flexibility index (Phi) is 5.20. The van der Waals surface area contributed by atoms with Crippen LogP contribution >= 0.6 is 0 Å². The number of hydrogen-bond acceptors (Lipinski definition) is 6. The smallest absolute Gasteiger partial charge is 0.170 e. The van der Waals surface area contributed by atoms with Crippen LogP contribution in [0.4, 0.5) is 11.6 Å². The monoisotopic (exact) mass is 236 g/mol. The van der Waals surface area contributed by atoms with Gasteiger partial charge in [-0.15, -0.1) is 0 Å². The zero-order valence-electron chi connectivity index (χ0n) is 9.73. The molecule has 1 rings (SSSR count). The Morgan fingerprint density at radius 3 is 3.00 bits per heavy atom. The average molecular weight is 236 g/mol. The average Bonchev–Trinajstić information content (AvgIpc) is 2.28. The number of nitrogens with two attached hydrogens (primary N) is 1. The first-order valence-electron chi connectivity index (χ1n) is 5.35. The Bertz CT molecular complexity index is 415. The lowest BCUT2D eigenvalue weighted by Crippen LogP contribution is -2.08. The number of aryl methyl sites for hydroxylation is 1. The number of rotatable bonds is 6. The third kappa shape index (κ3) is 3.90. The number of aliphatic hydroxyl groups is 1. The highest BCUT2D eigenvalue weighted by molar-refractivity contribution is 5.58. The number of hydrogen-bond donors (Lipinski definition) is 3. The van der Waals surface area contributed by atoms with E-state index in [1.54, 1.807) is 13.0 Å². The predicted molar refractivity (Wildman–Crippen MR) is 64.0 cm³/mol. The summed E-state index contributed by atoms with van der Waals surface area (Å²) in [4.78, 5) is 9.14. The molecule has 6 heteroatoms. The van der Waals surface area contributed by atoms with Crippen LogP contribution < -0.4 is 11.2 Å². The number of aromatic nitrogens is 1. The van der Waals surface area contributed by atoms with Crippen molar-refractivity contribution >= 4 is 11.6 Å². The van der Waals surface area contributed by atoms with E-state index in [1.165, 1.54) is 0 Å². The van der Waals surface area contributed by atoms with Gasteiger partial charge in [0.2, 0.25) is 0 Å². The molecule has 4 N–H and O–H groups in total. The standard InChI is InChI=1S/C11H16N4O2/c1-8-6-10(13)14-11(9(8)7-12)15-17-5-3-2-4-16/h6,16H,2-5H2,1H3,(H3,13,14,15). The Labute approximate surface area is 100.0 Å². The topological polar surface area (TPSA) is 104 Å². The highest BCUT2D eigenvalue weighted by Gasteiger charge is 2.08. The van der Waals surface area contributed by atoms with E-state index in [1.807, 2.05) is 6.07 Å². The molecule has 1 aromatic heterocycles. The van der Waals surface area contributed by atoms with E-state index in [0.29, 0.717) is 30.2 Å². The van der Waals surface area contributed by atoms with Gasteiger partial charge in [0.15, 0.2) is 5.82 Å². The summed E-state index contributed by atoms with van der Waals surface area (Å²) in [6.45, 7) is 2.36. The maximum Gasteiger partial charge on any atom is 0.170 e. The Morgan fingerprint density at radius 1 is 1.59 bits per heavy atom. The van der Waals surface area contributed by atoms with E-state index in [9.17, 15) is 0 Å². The molecule has 0 aliphatic heterocycles. The molecule has 6 nitrogen and oxygen atoms in total. The number of unbranched alkanes of at least 4 members (excludes halogenated alkanes) is 1. The number of nitrogen functional groups attached to an aromatic ring is 1. The van der Waals surface area contributed by atoms with Gasteiger partial charge in [0, 0.05) is 6.61 Å². The van der Waals surface area contributed by atoms with E-state index in [4.69, 9.17) is 20.9 Å². The van der Waals surface area contributed by atoms with Crippen LogP contribution in [-0.4, -0.2) is 23.3 Å². The van der Waals surface area contributed by atoms with Gasteiger partial charge in [-0.2, -0.15) is 5.26 Å². The normalized spacial score (nSPS) is 9.94. The van der Waals surface area contributed by atoms with E-state index in [-0.39, 0.29) is 6.61 Å². The van der Waals surface area contributed by atoms with Crippen LogP contribution in [0.1, 0.15) is 24.0 Å². The van der Waals surface area contributed by atoms with Crippen molar-refractivity contribution in [1.29, 1.82) is 5.26 Å². The summed E-state index contributed by atoms with van der Waals surface area (Å²) in [6.07, 6.45) is 1.41. The summed E-state index contributed by atoms with van der Waals surface area (Å²) < 4.78 is 0. The largest absolute Gasteiger partial charge is 0.396 e. The highest BCUT2D eigenvalue weighted by atomic mass is 16.6. The van der Waals surface area contributed by atoms with Crippen molar-refractivity contribution in [3.8, 4) is 6.07 Å². The second-order valence-corrected chi connectivity index (χ2v) is 3.58. The fourth-order valence-corrected chi connectivity index (χ4v) is 1.32. The maximum atomic E-state index is 8.97. The first-order chi connectivity index (χ1) is 8.19. The minimum absolute atomic E-state index is 0.141. The molecule has 0 aromatic carbocycles. The second-order valence-electron chi connectivity index (χ2n) is 3.58. The Morgan fingerprint density at radius 2 is 2.35 bits per heavy atom. The lowest BCUT2D eigenvalue weighted by Gasteiger charge is -2.09. The Hall–Kier alpha value is -1.84. The SMILES string of the molecule is Cc1cc(N)nc(NOCCCCO)c1C#N. The number of nitriles is 1. The lowest BCUT2D eigenvalue weighted by molar-refractivity contribution is 0.176. The number of anilines is 2. The third-order valence-corrected chi connectivity index (χ3v) is 2.17. The molecular weight excluding hydrogens is 220 g/mol. The number of pyridine rings is 1. The van der Waals surface area contributed by atoms with Gasteiger partial charge in [-0.1, -0.05) is 0 Å². The molecule has 0 radical (unpaired) electrons. The van der Waals surface area contributed by atoms with Crippen molar-refractivity contribution < 1.29 is 9.94 Å². The molecule has 0 atom stereocenters. The molecule has 0 amide bonds. The van der Waals surface area contributed by atoms with Gasteiger partial charge >= 0.3 is 0 Å². The predicted octanol–water partition coefficient (Wildman–Crippen LogP) is 0.960. The summed E-state index contributed by atoms with van der Waals surface area (Å²) in [5, 5.41) is 17.6. The molecule has 0 spiro atoms. The minimum atomic E-state index is 0.141. The van der Waals surface area contributed by atoms with Crippen molar-refractivity contribution in [1.82, 2.24) is 4.98 Å². The van der Waals surface area contributed by atoms with Crippen LogP contribution in [0.3, 0.4) is 0 Å². The number of aliphatic hydroxyl groups excluding tert-OH is 1. The van der Waals surface area contributed by atoms with Gasteiger partial charge in [0.1, 0.15) is 11.9 Å². The van der Waals surface area contributed by atoms with E-state index in [0.717, 1.165) is 12.0 Å². The molecule has 17 heavy (non-hydrogen) atoms. The molecule has 0 fully saturated rings. The highest BCUT2D eigenvalue weighted by Crippen LogP contribution is 2.18. The van der Waals surface area contributed by atoms with Gasteiger partial charge < -0.3 is 10.8 Å². The zero-order valence-corrected chi connectivity index (χ0v) is 9.73. The molecule has 0 saturated carbocycles. The molecule has 0 aliphatic rings. The Balaban J connectivity index is 2.61. The van der Waals surface area contributed by atoms with Crippen molar-refractivity contribution in [3.63, 3.8) is 0 Å². The first-order valence-corrected chi connectivity index (χ1v) is 5.35. The van der Waals surface area contributed by atoms with Gasteiger partial charge in [-0.25, -0.2) is 10.5 Å². The molecule has 1 aromatic rings. The molecule has 0 bridgehead atoms. The summed E-state index contributed by atoms with van der Waals surface area (Å²) >= 11 is 0. The van der Waals surface area contributed by atoms with Crippen LogP contribution in [0.2, 0.25) is 0 Å². The number of nitrogens with one attached hydrogen (secondary N) is 1. The van der Waals surface area contributed by atoms with E-state index >= 15 is 0 Å². The van der Waals surface area contributed by atoms with Crippen LogP contribution in [0.5, 0.6) is 0 Å². The molecule has 0 aliphatic carbocycles. The maximum absolute atomic E-state index is 8.97. The first kappa shape index (κ1) is 13.2. The van der Waals surface area contributed by atoms with Gasteiger partial charge in [0.25, 0.3) is 0 Å². The lowest BCUT2D eigenvalue weighted by atomic mass is 10.1. The quantitative estimate of drug-likeness (QED) is 0.502. The zero-order chi connectivity index (χ0) is 12.7. The van der Waals surface area contributed by atoms with Gasteiger partial charge in [-0.3, -0.25) is 4.84 Å². The van der Waals surface area contributed by atoms with Crippen molar-refractivity contribution in [2.24, 2.45) is 0 Å². The fraction of sp³-hybridized carbons (Fsp3) is 0.455. The summed E-state index contributed by atoms with van der Waals surface area (Å²) in [5.41, 5.74) is 9.36. The van der Waals surface area contributed by atoms with Gasteiger partial charge in [0.05, 0.1) is 12.2 Å². The van der Waals surface area contributed by atoms with Gasteiger partial charge in [-0.05, 0) is 31.4 Å². The van der Waals surface area contributed by atoms with Crippen LogP contribution in [0.15, 0.2) is 6.07 Å². The van der Waals surface area contributed by atoms with Crippen LogP contribution in [-0.2, 0) is 4.84 Å². The van der Waals surface area contributed by atoms with Crippen molar-refractivity contribution in [2.75, 3.05) is 24.4 Å². The third-order valence-electron chi connectivity index (χ3n) is 2.17. The molecule has 0 saturated heterocycles. The van der Waals surface area contributed by atoms with Crippen molar-refractivity contribution in [2.45, 2.75) is 19.8 Å². The van der Waals surface area contributed by atoms with Crippen LogP contribution in [0.25, 0.3) is 0 Å². The van der Waals surface area contributed by atoms with Crippen molar-refractivity contribution in [3.05, 3.63) is 17.2 Å². The fourth-order valence-electron chi connectivity index (χ4n) is 1.32. The summed E-state index contributed by atoms with van der Waals surface area (Å²) in [7, 11) is 0. The van der Waals surface area contributed by atoms with Crippen LogP contribution in [0, 0.1) is 18.3 Å². The van der Waals surface area contributed by atoms with E-state index < -0.39 is 0 Å².